The summed E-state index contributed by atoms with van der Waals surface area (Å²) in [5.41, 5.74) is 1.84. The molecule has 1 aliphatic rings. The molecule has 0 spiro atoms. The number of aromatic nitrogens is 1. The van der Waals surface area contributed by atoms with Crippen LogP contribution in [-0.2, 0) is 9.47 Å². The minimum atomic E-state index is -0.00213. The van der Waals surface area contributed by atoms with Gasteiger partial charge in [-0.15, -0.1) is 0 Å². The van der Waals surface area contributed by atoms with Gasteiger partial charge >= 0.3 is 0 Å². The Morgan fingerprint density at radius 3 is 2.42 bits per heavy atom. The second-order valence-corrected chi connectivity index (χ2v) is 6.72. The summed E-state index contributed by atoms with van der Waals surface area (Å²) in [7, 11) is 1.69. The van der Waals surface area contributed by atoms with Gasteiger partial charge in [0, 0.05) is 25.8 Å². The summed E-state index contributed by atoms with van der Waals surface area (Å²) in [6, 6.07) is 3.96. The van der Waals surface area contributed by atoms with E-state index < -0.39 is 0 Å². The Hall–Kier alpha value is -1.30. The van der Waals surface area contributed by atoms with Gasteiger partial charge in [-0.25, -0.2) is 0 Å². The molecular formula is C21H36N2O3. The quantitative estimate of drug-likeness (QED) is 0.493. The van der Waals surface area contributed by atoms with E-state index in [1.165, 1.54) is 5.56 Å². The fraction of sp³-hybridized carbons (Fsp3) is 0.714. The zero-order valence-corrected chi connectivity index (χ0v) is 17.2. The number of carbonyl (C=O) groups excluding carboxylic acids is 1. The highest BCUT2D eigenvalue weighted by molar-refractivity contribution is 5.95. The predicted octanol–water partition coefficient (Wildman–Crippen LogP) is 3.79. The number of likely N-dealkylation sites (tertiary alicyclic amines) is 1. The van der Waals surface area contributed by atoms with E-state index in [1.54, 1.807) is 7.11 Å². The van der Waals surface area contributed by atoms with E-state index in [2.05, 4.69) is 16.0 Å². The molecule has 0 aliphatic carbocycles. The molecular weight excluding hydrogens is 328 g/mol. The lowest BCUT2D eigenvalue weighted by Gasteiger charge is -2.32. The zero-order chi connectivity index (χ0) is 19.4. The van der Waals surface area contributed by atoms with Crippen molar-refractivity contribution < 1.29 is 14.3 Å². The van der Waals surface area contributed by atoms with Crippen molar-refractivity contribution in [1.29, 1.82) is 0 Å². The number of rotatable bonds is 9. The first-order chi connectivity index (χ1) is 12.6. The van der Waals surface area contributed by atoms with Gasteiger partial charge in [-0.05, 0) is 43.5 Å². The number of nitrogens with zero attached hydrogens (tertiary/aromatic N) is 2. The number of hydrogen-bond donors (Lipinski definition) is 0. The second-order valence-electron chi connectivity index (χ2n) is 6.72. The number of hydrogen-bond acceptors (Lipinski definition) is 5. The predicted molar refractivity (Wildman–Crippen MR) is 106 cm³/mol. The zero-order valence-electron chi connectivity index (χ0n) is 17.2. The standard InChI is InChI=1S/C19H30N2O3.C2H6/c1-15(2)19(22)18-5-4-17(14-20-18)16-6-8-21(9-7-16)10-11-24-13-12-23-3;1-2/h4-5,14-16H,6-13H2,1-3H3;1-2H3. The van der Waals surface area contributed by atoms with Crippen LogP contribution in [0.4, 0.5) is 0 Å². The molecule has 0 radical (unpaired) electrons. The maximum atomic E-state index is 12.0. The van der Waals surface area contributed by atoms with E-state index in [-0.39, 0.29) is 11.7 Å². The maximum absolute atomic E-state index is 12.0. The Labute approximate surface area is 159 Å². The molecule has 5 heteroatoms. The summed E-state index contributed by atoms with van der Waals surface area (Å²) >= 11 is 0. The largest absolute Gasteiger partial charge is 0.382 e. The van der Waals surface area contributed by atoms with Gasteiger partial charge in [0.25, 0.3) is 0 Å². The normalized spacial score (nSPS) is 15.6. The van der Waals surface area contributed by atoms with Gasteiger partial charge < -0.3 is 14.4 Å². The first-order valence-electron chi connectivity index (χ1n) is 9.91. The van der Waals surface area contributed by atoms with Crippen LogP contribution in [0.25, 0.3) is 0 Å². The SMILES string of the molecule is CC.COCCOCCN1CCC(c2ccc(C(=O)C(C)C)nc2)CC1. The fourth-order valence-electron chi connectivity index (χ4n) is 3.02. The van der Waals surface area contributed by atoms with Crippen LogP contribution in [0.15, 0.2) is 18.3 Å². The van der Waals surface area contributed by atoms with Crippen LogP contribution in [0.3, 0.4) is 0 Å². The lowest BCUT2D eigenvalue weighted by molar-refractivity contribution is 0.0532. The van der Waals surface area contributed by atoms with E-state index in [0.717, 1.165) is 39.1 Å². The molecule has 0 atom stereocenters. The van der Waals surface area contributed by atoms with Crippen molar-refractivity contribution in [3.05, 3.63) is 29.6 Å². The Bertz CT molecular complexity index is 494. The van der Waals surface area contributed by atoms with E-state index >= 15 is 0 Å². The lowest BCUT2D eigenvalue weighted by atomic mass is 9.90. The van der Waals surface area contributed by atoms with Crippen molar-refractivity contribution in [3.8, 4) is 0 Å². The molecule has 0 aromatic carbocycles. The van der Waals surface area contributed by atoms with E-state index in [9.17, 15) is 4.79 Å². The molecule has 1 saturated heterocycles. The highest BCUT2D eigenvalue weighted by Gasteiger charge is 2.21. The van der Waals surface area contributed by atoms with Crippen molar-refractivity contribution in [2.45, 2.75) is 46.5 Å². The van der Waals surface area contributed by atoms with Crippen LogP contribution in [0.1, 0.15) is 62.5 Å². The molecule has 0 N–H and O–H groups in total. The molecule has 1 fully saturated rings. The smallest absolute Gasteiger partial charge is 0.183 e. The summed E-state index contributed by atoms with van der Waals surface area (Å²) in [4.78, 5) is 18.8. The number of piperidine rings is 1. The molecule has 5 nitrogen and oxygen atoms in total. The summed E-state index contributed by atoms with van der Waals surface area (Å²) in [6.07, 6.45) is 4.16. The van der Waals surface area contributed by atoms with Gasteiger partial charge in [0.1, 0.15) is 5.69 Å². The molecule has 148 valence electrons. The van der Waals surface area contributed by atoms with Crippen molar-refractivity contribution in [2.24, 2.45) is 5.92 Å². The average molecular weight is 365 g/mol. The highest BCUT2D eigenvalue weighted by Crippen LogP contribution is 2.27. The van der Waals surface area contributed by atoms with E-state index in [0.29, 0.717) is 24.8 Å². The number of Topliss-reactive ketones (excluding diaryl/α,β-unsaturated/α-hetero) is 1. The molecule has 2 rings (SSSR count). The van der Waals surface area contributed by atoms with Gasteiger partial charge in [-0.1, -0.05) is 33.8 Å². The monoisotopic (exact) mass is 364 g/mol. The number of methoxy groups -OCH3 is 1. The topological polar surface area (TPSA) is 51.7 Å². The first-order valence-corrected chi connectivity index (χ1v) is 9.91. The third-order valence-electron chi connectivity index (χ3n) is 4.61. The Morgan fingerprint density at radius 2 is 1.88 bits per heavy atom. The summed E-state index contributed by atoms with van der Waals surface area (Å²) in [5.74, 6) is 0.661. The minimum Gasteiger partial charge on any atom is -0.382 e. The van der Waals surface area contributed by atoms with Crippen LogP contribution >= 0.6 is 0 Å². The van der Waals surface area contributed by atoms with Crippen LogP contribution in [0, 0.1) is 5.92 Å². The van der Waals surface area contributed by atoms with Crippen molar-refractivity contribution >= 4 is 5.78 Å². The Balaban J connectivity index is 0.00000163. The van der Waals surface area contributed by atoms with Gasteiger partial charge in [0.15, 0.2) is 5.78 Å². The molecule has 1 aromatic rings. The molecule has 2 heterocycles. The van der Waals surface area contributed by atoms with Crippen LogP contribution in [0.2, 0.25) is 0 Å². The Kier molecular flexibility index (Phi) is 11.3. The van der Waals surface area contributed by atoms with Crippen LogP contribution < -0.4 is 0 Å². The maximum Gasteiger partial charge on any atom is 0.183 e. The molecule has 26 heavy (non-hydrogen) atoms. The van der Waals surface area contributed by atoms with Gasteiger partial charge in [0.05, 0.1) is 19.8 Å². The molecule has 1 aliphatic heterocycles. The Morgan fingerprint density at radius 1 is 1.19 bits per heavy atom. The number of ether oxygens (including phenoxy) is 2. The van der Waals surface area contributed by atoms with E-state index in [4.69, 9.17) is 9.47 Å². The fourth-order valence-corrected chi connectivity index (χ4v) is 3.02. The highest BCUT2D eigenvalue weighted by atomic mass is 16.5. The average Bonchev–Trinajstić information content (AvgIpc) is 2.69. The third-order valence-corrected chi connectivity index (χ3v) is 4.61. The minimum absolute atomic E-state index is 0.00213. The van der Waals surface area contributed by atoms with Crippen molar-refractivity contribution in [1.82, 2.24) is 9.88 Å². The van der Waals surface area contributed by atoms with Crippen molar-refractivity contribution in [2.75, 3.05) is 46.6 Å². The number of pyridine rings is 1. The molecule has 0 bridgehead atoms. The van der Waals surface area contributed by atoms with Crippen LogP contribution in [-0.4, -0.2) is 62.2 Å². The third kappa shape index (κ3) is 7.52. The van der Waals surface area contributed by atoms with Crippen molar-refractivity contribution in [3.63, 3.8) is 0 Å². The summed E-state index contributed by atoms with van der Waals surface area (Å²) in [6.45, 7) is 13.1. The number of carbonyl (C=O) groups is 1. The summed E-state index contributed by atoms with van der Waals surface area (Å²) < 4.78 is 10.5. The van der Waals surface area contributed by atoms with Gasteiger partial charge in [-0.3, -0.25) is 9.78 Å². The lowest BCUT2D eigenvalue weighted by Crippen LogP contribution is -2.35. The van der Waals surface area contributed by atoms with Crippen LogP contribution in [0.5, 0.6) is 0 Å². The molecule has 1 aromatic heterocycles. The number of ketones is 1. The molecule has 0 saturated carbocycles. The van der Waals surface area contributed by atoms with E-state index in [1.807, 2.05) is 40.0 Å². The second kappa shape index (κ2) is 13.0. The first kappa shape index (κ1) is 22.7. The van der Waals surface area contributed by atoms with Gasteiger partial charge in [0.2, 0.25) is 0 Å². The van der Waals surface area contributed by atoms with Gasteiger partial charge in [-0.2, -0.15) is 0 Å². The molecule has 0 unspecified atom stereocenters. The molecule has 0 amide bonds. The summed E-state index contributed by atoms with van der Waals surface area (Å²) in [5, 5.41) is 0.